The van der Waals surface area contributed by atoms with Gasteiger partial charge in [-0.15, -0.1) is 5.10 Å². The first-order valence-corrected chi connectivity index (χ1v) is 10.9. The molecule has 6 nitrogen and oxygen atoms in total. The van der Waals surface area contributed by atoms with Crippen molar-refractivity contribution < 1.29 is 31.1 Å². The highest BCUT2D eigenvalue weighted by Gasteiger charge is 2.32. The Morgan fingerprint density at radius 3 is 2.41 bits per heavy atom. The number of hydrogen-bond donors (Lipinski definition) is 1. The summed E-state index contributed by atoms with van der Waals surface area (Å²) in [6, 6.07) is 4.25. The van der Waals surface area contributed by atoms with Crippen LogP contribution in [0.5, 0.6) is 0 Å². The summed E-state index contributed by atoms with van der Waals surface area (Å²) in [4.78, 5) is 20.7. The second kappa shape index (κ2) is 10.0. The van der Waals surface area contributed by atoms with Gasteiger partial charge in [0, 0.05) is 16.8 Å². The van der Waals surface area contributed by atoms with Crippen LogP contribution in [-0.2, 0) is 6.18 Å². The standard InChI is InChI=1S/C19H13Cl2F6N5OS/c1-9(29-16(33)10-4-11(19(25,26)27)6-13(21)5-10)15-30-17(34-8-18(22,23)24)31-32(15)14-3-2-12(20)7-28-14/h2-7,9H,8H2,1H3,(H,29,33). The van der Waals surface area contributed by atoms with Gasteiger partial charge in [0.25, 0.3) is 5.91 Å². The summed E-state index contributed by atoms with van der Waals surface area (Å²) in [6.07, 6.45) is -7.92. The quantitative estimate of drug-likeness (QED) is 0.299. The molecule has 1 aromatic carbocycles. The van der Waals surface area contributed by atoms with Crippen LogP contribution in [0.25, 0.3) is 5.82 Å². The summed E-state index contributed by atoms with van der Waals surface area (Å²) in [7, 11) is 0. The lowest BCUT2D eigenvalue weighted by atomic mass is 10.1. The molecule has 0 saturated heterocycles. The lowest BCUT2D eigenvalue weighted by Gasteiger charge is -2.15. The number of amides is 1. The molecule has 0 fully saturated rings. The van der Waals surface area contributed by atoms with E-state index in [0.717, 1.165) is 10.7 Å². The van der Waals surface area contributed by atoms with E-state index in [9.17, 15) is 31.1 Å². The normalized spacial score (nSPS) is 13.1. The zero-order chi connectivity index (χ0) is 25.3. The number of carbonyl (C=O) groups is 1. The number of nitrogens with zero attached hydrogens (tertiary/aromatic N) is 4. The first-order valence-electron chi connectivity index (χ1n) is 9.20. The Morgan fingerprint density at radius 2 is 1.82 bits per heavy atom. The van der Waals surface area contributed by atoms with Gasteiger partial charge in [-0.1, -0.05) is 35.0 Å². The Bertz CT molecular complexity index is 1180. The minimum atomic E-state index is -4.73. The highest BCUT2D eigenvalue weighted by Crippen LogP contribution is 2.32. The van der Waals surface area contributed by atoms with Gasteiger partial charge >= 0.3 is 12.4 Å². The van der Waals surface area contributed by atoms with Crippen molar-refractivity contribution in [2.75, 3.05) is 5.75 Å². The zero-order valence-corrected chi connectivity index (χ0v) is 19.2. The SMILES string of the molecule is CC(NC(=O)c1cc(Cl)cc(C(F)(F)F)c1)c1nc(SCC(F)(F)F)nn1-c1ccc(Cl)cn1. The molecule has 2 aromatic heterocycles. The van der Waals surface area contributed by atoms with Gasteiger partial charge in [0.2, 0.25) is 5.16 Å². The number of rotatable bonds is 6. The maximum atomic E-state index is 13.1. The minimum absolute atomic E-state index is 0.00841. The molecule has 0 aliphatic rings. The number of benzene rings is 1. The van der Waals surface area contributed by atoms with E-state index in [1.165, 1.54) is 25.3 Å². The van der Waals surface area contributed by atoms with Gasteiger partial charge in [-0.25, -0.2) is 9.97 Å². The molecule has 182 valence electrons. The topological polar surface area (TPSA) is 72.7 Å². The van der Waals surface area contributed by atoms with Crippen molar-refractivity contribution >= 4 is 40.9 Å². The zero-order valence-electron chi connectivity index (χ0n) is 16.9. The van der Waals surface area contributed by atoms with Crippen molar-refractivity contribution in [3.63, 3.8) is 0 Å². The summed E-state index contributed by atoms with van der Waals surface area (Å²) in [5.41, 5.74) is -1.48. The minimum Gasteiger partial charge on any atom is -0.342 e. The summed E-state index contributed by atoms with van der Waals surface area (Å²) >= 11 is 11.9. The number of aromatic nitrogens is 4. The second-order valence-corrected chi connectivity index (χ2v) is 8.64. The van der Waals surface area contributed by atoms with Crippen LogP contribution in [0, 0.1) is 0 Å². The van der Waals surface area contributed by atoms with Crippen LogP contribution in [0.2, 0.25) is 10.0 Å². The third-order valence-corrected chi connectivity index (χ3v) is 5.47. The van der Waals surface area contributed by atoms with E-state index in [1.54, 1.807) is 0 Å². The molecule has 2 heterocycles. The Kier molecular flexibility index (Phi) is 7.68. The van der Waals surface area contributed by atoms with Crippen LogP contribution in [0.1, 0.15) is 34.7 Å². The Hall–Kier alpha value is -2.51. The fourth-order valence-corrected chi connectivity index (χ4v) is 3.62. The van der Waals surface area contributed by atoms with Gasteiger partial charge in [0.05, 0.1) is 22.4 Å². The van der Waals surface area contributed by atoms with Crippen LogP contribution in [0.4, 0.5) is 26.3 Å². The molecule has 1 unspecified atom stereocenters. The molecule has 1 amide bonds. The van der Waals surface area contributed by atoms with Crippen molar-refractivity contribution in [3.8, 4) is 5.82 Å². The number of carbonyl (C=O) groups excluding carboxylic acids is 1. The van der Waals surface area contributed by atoms with Gasteiger partial charge in [0.1, 0.15) is 0 Å². The van der Waals surface area contributed by atoms with Gasteiger partial charge in [0.15, 0.2) is 11.6 Å². The van der Waals surface area contributed by atoms with E-state index in [1.807, 2.05) is 0 Å². The molecule has 3 aromatic rings. The molecular formula is C19H13Cl2F6N5OS. The monoisotopic (exact) mass is 543 g/mol. The highest BCUT2D eigenvalue weighted by molar-refractivity contribution is 7.99. The maximum absolute atomic E-state index is 13.1. The molecule has 3 rings (SSSR count). The number of halogens is 8. The van der Waals surface area contributed by atoms with Gasteiger partial charge in [-0.05, 0) is 37.3 Å². The first kappa shape index (κ1) is 26.1. The Morgan fingerprint density at radius 1 is 1.12 bits per heavy atom. The van der Waals surface area contributed by atoms with E-state index < -0.39 is 35.6 Å². The number of pyridine rings is 1. The van der Waals surface area contributed by atoms with Gasteiger partial charge in [-0.2, -0.15) is 31.0 Å². The number of alkyl halides is 6. The van der Waals surface area contributed by atoms with E-state index in [-0.39, 0.29) is 27.4 Å². The van der Waals surface area contributed by atoms with E-state index >= 15 is 0 Å². The molecule has 1 atom stereocenters. The van der Waals surface area contributed by atoms with Crippen LogP contribution in [0.3, 0.4) is 0 Å². The summed E-state index contributed by atoms with van der Waals surface area (Å²) in [6.45, 7) is 1.43. The average Bonchev–Trinajstić information content (AvgIpc) is 3.16. The predicted octanol–water partition coefficient (Wildman–Crippen LogP) is 6.13. The Labute approximate surface area is 202 Å². The lowest BCUT2D eigenvalue weighted by Crippen LogP contribution is -2.29. The van der Waals surface area contributed by atoms with Crippen molar-refractivity contribution in [1.82, 2.24) is 25.1 Å². The molecule has 0 radical (unpaired) electrons. The fraction of sp³-hybridized carbons (Fsp3) is 0.263. The summed E-state index contributed by atoms with van der Waals surface area (Å²) in [5, 5.41) is 6.22. The van der Waals surface area contributed by atoms with Crippen LogP contribution >= 0.6 is 35.0 Å². The second-order valence-electron chi connectivity index (χ2n) is 6.82. The van der Waals surface area contributed by atoms with Crippen molar-refractivity contribution in [2.24, 2.45) is 0 Å². The lowest BCUT2D eigenvalue weighted by molar-refractivity contribution is -0.137. The average molecular weight is 544 g/mol. The molecule has 0 aliphatic heterocycles. The number of hydrogen-bond acceptors (Lipinski definition) is 5. The molecule has 0 bridgehead atoms. The molecule has 34 heavy (non-hydrogen) atoms. The van der Waals surface area contributed by atoms with Crippen molar-refractivity contribution in [1.29, 1.82) is 0 Å². The van der Waals surface area contributed by atoms with E-state index in [2.05, 4.69) is 20.4 Å². The van der Waals surface area contributed by atoms with Gasteiger partial charge in [-0.3, -0.25) is 4.79 Å². The van der Waals surface area contributed by atoms with E-state index in [0.29, 0.717) is 28.9 Å². The summed E-state index contributed by atoms with van der Waals surface area (Å²) in [5.74, 6) is -2.03. The summed E-state index contributed by atoms with van der Waals surface area (Å²) < 4.78 is 78.2. The van der Waals surface area contributed by atoms with Crippen LogP contribution in [-0.4, -0.2) is 37.6 Å². The molecule has 15 heteroatoms. The van der Waals surface area contributed by atoms with E-state index in [4.69, 9.17) is 23.2 Å². The highest BCUT2D eigenvalue weighted by atomic mass is 35.5. The molecule has 0 aliphatic carbocycles. The van der Waals surface area contributed by atoms with Crippen molar-refractivity contribution in [2.45, 2.75) is 30.5 Å². The smallest absolute Gasteiger partial charge is 0.342 e. The van der Waals surface area contributed by atoms with Crippen molar-refractivity contribution in [3.05, 3.63) is 63.5 Å². The number of nitrogens with one attached hydrogen (secondary N) is 1. The fourth-order valence-electron chi connectivity index (χ4n) is 2.68. The molecule has 1 N–H and O–H groups in total. The third kappa shape index (κ3) is 6.76. The van der Waals surface area contributed by atoms with Gasteiger partial charge < -0.3 is 5.32 Å². The third-order valence-electron chi connectivity index (χ3n) is 4.13. The van der Waals surface area contributed by atoms with Crippen LogP contribution < -0.4 is 5.32 Å². The predicted molar refractivity (Wildman–Crippen MR) is 113 cm³/mol. The first-order chi connectivity index (χ1) is 15.7. The largest absolute Gasteiger partial charge is 0.416 e. The molecular weight excluding hydrogens is 531 g/mol. The number of thioether (sulfide) groups is 1. The Balaban J connectivity index is 1.91. The molecule has 0 saturated carbocycles. The van der Waals surface area contributed by atoms with Crippen LogP contribution in [0.15, 0.2) is 41.7 Å². The molecule has 0 spiro atoms. The maximum Gasteiger partial charge on any atom is 0.416 e.